The highest BCUT2D eigenvalue weighted by atomic mass is 32.2. The first-order chi connectivity index (χ1) is 6.25. The molecule has 2 atom stereocenters. The Balaban J connectivity index is 2.12. The Kier molecular flexibility index (Phi) is 5.14. The third kappa shape index (κ3) is 3.49. The lowest BCUT2D eigenvalue weighted by Crippen LogP contribution is -2.33. The first-order valence-electron chi connectivity index (χ1n) is 5.17. The summed E-state index contributed by atoms with van der Waals surface area (Å²) in [5.41, 5.74) is 0. The highest BCUT2D eigenvalue weighted by molar-refractivity contribution is 7.93. The van der Waals surface area contributed by atoms with E-state index in [0.717, 1.165) is 25.1 Å². The van der Waals surface area contributed by atoms with Gasteiger partial charge in [-0.1, -0.05) is 0 Å². The van der Waals surface area contributed by atoms with E-state index in [2.05, 4.69) is 18.7 Å². The van der Waals surface area contributed by atoms with Gasteiger partial charge in [-0.25, -0.2) is 0 Å². The molecule has 0 N–H and O–H groups in total. The predicted octanol–water partition coefficient (Wildman–Crippen LogP) is 2.54. The molecule has 0 aliphatic carbocycles. The average molecular weight is 203 g/mol. The van der Waals surface area contributed by atoms with Gasteiger partial charge in [-0.15, -0.1) is 0 Å². The SMILES string of the molecule is CSOCCCN1[C@H](C)CC[C@H]1C. The van der Waals surface area contributed by atoms with Crippen LogP contribution in [0.5, 0.6) is 0 Å². The highest BCUT2D eigenvalue weighted by Crippen LogP contribution is 2.23. The Morgan fingerprint density at radius 3 is 2.46 bits per heavy atom. The molecule has 78 valence electrons. The van der Waals surface area contributed by atoms with E-state index >= 15 is 0 Å². The van der Waals surface area contributed by atoms with Gasteiger partial charge in [0.2, 0.25) is 0 Å². The summed E-state index contributed by atoms with van der Waals surface area (Å²) in [7, 11) is 0. The van der Waals surface area contributed by atoms with Gasteiger partial charge in [-0.3, -0.25) is 4.90 Å². The van der Waals surface area contributed by atoms with Crippen LogP contribution in [0.3, 0.4) is 0 Å². The van der Waals surface area contributed by atoms with Gasteiger partial charge in [0.15, 0.2) is 0 Å². The van der Waals surface area contributed by atoms with Gasteiger partial charge in [0.1, 0.15) is 0 Å². The molecule has 0 bridgehead atoms. The Morgan fingerprint density at radius 1 is 1.31 bits per heavy atom. The summed E-state index contributed by atoms with van der Waals surface area (Å²) in [5.74, 6) is 0. The second-order valence-electron chi connectivity index (χ2n) is 3.86. The molecule has 1 heterocycles. The summed E-state index contributed by atoms with van der Waals surface area (Å²) in [5, 5.41) is 0. The molecule has 0 aromatic heterocycles. The highest BCUT2D eigenvalue weighted by Gasteiger charge is 2.26. The fraction of sp³-hybridized carbons (Fsp3) is 1.00. The monoisotopic (exact) mass is 203 g/mol. The second-order valence-corrected chi connectivity index (χ2v) is 4.42. The molecule has 1 fully saturated rings. The van der Waals surface area contributed by atoms with Crippen LogP contribution in [0.1, 0.15) is 33.1 Å². The summed E-state index contributed by atoms with van der Waals surface area (Å²) in [4.78, 5) is 2.60. The topological polar surface area (TPSA) is 12.5 Å². The molecule has 1 rings (SSSR count). The third-order valence-electron chi connectivity index (χ3n) is 2.90. The van der Waals surface area contributed by atoms with Crippen LogP contribution >= 0.6 is 12.0 Å². The molecule has 1 aliphatic heterocycles. The summed E-state index contributed by atoms with van der Waals surface area (Å²) in [6.45, 7) is 6.75. The van der Waals surface area contributed by atoms with Crippen LogP contribution in [-0.2, 0) is 4.18 Å². The zero-order chi connectivity index (χ0) is 9.68. The normalized spacial score (nSPS) is 29.8. The minimum atomic E-state index is 0.782. The molecular weight excluding hydrogens is 182 g/mol. The van der Waals surface area contributed by atoms with Crippen LogP contribution in [-0.4, -0.2) is 36.4 Å². The molecule has 3 heteroatoms. The van der Waals surface area contributed by atoms with E-state index in [1.165, 1.54) is 31.4 Å². The Bertz CT molecular complexity index is 133. The number of nitrogens with zero attached hydrogens (tertiary/aromatic N) is 1. The van der Waals surface area contributed by atoms with Crippen molar-refractivity contribution in [2.75, 3.05) is 19.4 Å². The van der Waals surface area contributed by atoms with Crippen LogP contribution in [0.15, 0.2) is 0 Å². The maximum Gasteiger partial charge on any atom is 0.0625 e. The first kappa shape index (κ1) is 11.3. The maximum absolute atomic E-state index is 5.25. The molecule has 0 saturated carbocycles. The number of hydrogen-bond donors (Lipinski definition) is 0. The smallest absolute Gasteiger partial charge is 0.0625 e. The van der Waals surface area contributed by atoms with Crippen LogP contribution in [0.2, 0.25) is 0 Å². The van der Waals surface area contributed by atoms with Gasteiger partial charge in [0.25, 0.3) is 0 Å². The van der Waals surface area contributed by atoms with Crippen LogP contribution < -0.4 is 0 Å². The lowest BCUT2D eigenvalue weighted by Gasteiger charge is -2.25. The number of likely N-dealkylation sites (tertiary alicyclic amines) is 1. The first-order valence-corrected chi connectivity index (χ1v) is 6.32. The summed E-state index contributed by atoms with van der Waals surface area (Å²) in [6, 6.07) is 1.56. The molecule has 0 spiro atoms. The fourth-order valence-corrected chi connectivity index (χ4v) is 2.36. The molecule has 0 aromatic carbocycles. The zero-order valence-corrected chi connectivity index (χ0v) is 9.77. The van der Waals surface area contributed by atoms with E-state index in [1.807, 2.05) is 6.26 Å². The third-order valence-corrected chi connectivity index (χ3v) is 3.30. The zero-order valence-electron chi connectivity index (χ0n) is 8.95. The van der Waals surface area contributed by atoms with E-state index < -0.39 is 0 Å². The van der Waals surface area contributed by atoms with E-state index in [9.17, 15) is 0 Å². The van der Waals surface area contributed by atoms with Crippen LogP contribution in [0, 0.1) is 0 Å². The van der Waals surface area contributed by atoms with E-state index in [0.29, 0.717) is 0 Å². The van der Waals surface area contributed by atoms with Crippen molar-refractivity contribution in [1.82, 2.24) is 4.90 Å². The molecule has 0 aromatic rings. The lowest BCUT2D eigenvalue weighted by molar-refractivity contribution is 0.197. The molecule has 1 aliphatic rings. The van der Waals surface area contributed by atoms with Crippen molar-refractivity contribution in [3.05, 3.63) is 0 Å². The van der Waals surface area contributed by atoms with Crippen LogP contribution in [0.25, 0.3) is 0 Å². The molecule has 0 unspecified atom stereocenters. The quantitative estimate of drug-likeness (QED) is 0.503. The Labute approximate surface area is 86.2 Å². The van der Waals surface area contributed by atoms with Crippen molar-refractivity contribution in [2.24, 2.45) is 0 Å². The van der Waals surface area contributed by atoms with Crippen molar-refractivity contribution in [3.63, 3.8) is 0 Å². The van der Waals surface area contributed by atoms with Gasteiger partial charge in [0, 0.05) is 24.9 Å². The molecule has 0 radical (unpaired) electrons. The number of hydrogen-bond acceptors (Lipinski definition) is 3. The van der Waals surface area contributed by atoms with Gasteiger partial charge in [-0.05, 0) is 45.2 Å². The van der Waals surface area contributed by atoms with E-state index in [4.69, 9.17) is 4.18 Å². The summed E-state index contributed by atoms with van der Waals surface area (Å²) in [6.07, 6.45) is 5.87. The van der Waals surface area contributed by atoms with Gasteiger partial charge < -0.3 is 4.18 Å². The lowest BCUT2D eigenvalue weighted by atomic mass is 10.2. The fourth-order valence-electron chi connectivity index (χ4n) is 2.08. The molecule has 0 amide bonds. The summed E-state index contributed by atoms with van der Waals surface area (Å²) < 4.78 is 5.25. The van der Waals surface area contributed by atoms with Gasteiger partial charge in [-0.2, -0.15) is 0 Å². The standard InChI is InChI=1S/C10H21NOS/c1-9-5-6-10(2)11(9)7-4-8-12-13-3/h9-10H,4-8H2,1-3H3/t9-,10-/m1/s1. The Hall–Kier alpha value is 0.270. The van der Waals surface area contributed by atoms with Crippen LogP contribution in [0.4, 0.5) is 0 Å². The Morgan fingerprint density at radius 2 is 1.92 bits per heavy atom. The molecular formula is C10H21NOS. The van der Waals surface area contributed by atoms with Crippen molar-refractivity contribution >= 4 is 12.0 Å². The van der Waals surface area contributed by atoms with Crippen molar-refractivity contribution in [3.8, 4) is 0 Å². The summed E-state index contributed by atoms with van der Waals surface area (Å²) >= 11 is 1.47. The van der Waals surface area contributed by atoms with Gasteiger partial charge in [0.05, 0.1) is 6.61 Å². The largest absolute Gasteiger partial charge is 0.316 e. The van der Waals surface area contributed by atoms with Crippen molar-refractivity contribution in [2.45, 2.75) is 45.2 Å². The molecule has 1 saturated heterocycles. The molecule has 2 nitrogen and oxygen atoms in total. The van der Waals surface area contributed by atoms with Crippen molar-refractivity contribution < 1.29 is 4.18 Å². The van der Waals surface area contributed by atoms with E-state index in [1.54, 1.807) is 0 Å². The minimum absolute atomic E-state index is 0.782. The second kappa shape index (κ2) is 5.89. The average Bonchev–Trinajstić information content (AvgIpc) is 2.42. The minimum Gasteiger partial charge on any atom is -0.316 e. The number of rotatable bonds is 5. The van der Waals surface area contributed by atoms with E-state index in [-0.39, 0.29) is 0 Å². The predicted molar refractivity (Wildman–Crippen MR) is 58.9 cm³/mol. The maximum atomic E-state index is 5.25. The van der Waals surface area contributed by atoms with Gasteiger partial charge >= 0.3 is 0 Å². The van der Waals surface area contributed by atoms with Crippen molar-refractivity contribution in [1.29, 1.82) is 0 Å². The molecule has 13 heavy (non-hydrogen) atoms.